The summed E-state index contributed by atoms with van der Waals surface area (Å²) in [5, 5.41) is 0. The van der Waals surface area contributed by atoms with E-state index in [2.05, 4.69) is 4.98 Å². The third-order valence-electron chi connectivity index (χ3n) is 2.70. The molecule has 0 aliphatic carbocycles. The van der Waals surface area contributed by atoms with Gasteiger partial charge in [0.15, 0.2) is 12.2 Å². The Hall–Kier alpha value is -2.42. The molecule has 2 nitrogen and oxygen atoms in total. The molecule has 3 aromatic rings. The molecule has 0 saturated carbocycles. The molecule has 0 amide bonds. The molecular formula is C15H10FNO. The molecule has 0 saturated heterocycles. The maximum Gasteiger partial charge on any atom is 0.182 e. The van der Waals surface area contributed by atoms with Gasteiger partial charge in [0.05, 0.1) is 0 Å². The molecule has 0 aliphatic heterocycles. The van der Waals surface area contributed by atoms with Gasteiger partial charge in [-0.3, -0.25) is 0 Å². The number of nitrogens with zero attached hydrogens (tertiary/aromatic N) is 1. The molecule has 3 rings (SSSR count). The van der Waals surface area contributed by atoms with Crippen molar-refractivity contribution in [2.75, 3.05) is 0 Å². The molecule has 0 N–H and O–H groups in total. The molecule has 0 radical (unpaired) electrons. The van der Waals surface area contributed by atoms with E-state index < -0.39 is 0 Å². The van der Waals surface area contributed by atoms with Gasteiger partial charge in [-0.05, 0) is 12.1 Å². The first-order valence-corrected chi connectivity index (χ1v) is 5.59. The highest BCUT2D eigenvalue weighted by Crippen LogP contribution is 2.30. The number of benzene rings is 2. The van der Waals surface area contributed by atoms with Gasteiger partial charge in [-0.1, -0.05) is 42.5 Å². The van der Waals surface area contributed by atoms with Gasteiger partial charge in [0.25, 0.3) is 0 Å². The van der Waals surface area contributed by atoms with E-state index in [0.29, 0.717) is 11.3 Å². The molecule has 0 atom stereocenters. The summed E-state index contributed by atoms with van der Waals surface area (Å²) in [4.78, 5) is 4.20. The minimum atomic E-state index is -0.289. The average Bonchev–Trinajstić information content (AvgIpc) is 2.89. The number of aromatic nitrogens is 1. The summed E-state index contributed by atoms with van der Waals surface area (Å²) in [6, 6.07) is 16.0. The summed E-state index contributed by atoms with van der Waals surface area (Å²) < 4.78 is 18.6. The standard InChI is InChI=1S/C15H10FNO/c16-13-8-4-7-12(9-13)15-14(17-10-18-15)11-5-2-1-3-6-11/h1-10H. The second kappa shape index (κ2) is 4.45. The van der Waals surface area contributed by atoms with Crippen molar-refractivity contribution in [3.63, 3.8) is 0 Å². The van der Waals surface area contributed by atoms with E-state index in [9.17, 15) is 4.39 Å². The van der Waals surface area contributed by atoms with E-state index in [1.807, 2.05) is 30.3 Å². The predicted octanol–water partition coefficient (Wildman–Crippen LogP) is 4.15. The van der Waals surface area contributed by atoms with E-state index >= 15 is 0 Å². The highest BCUT2D eigenvalue weighted by Gasteiger charge is 2.12. The highest BCUT2D eigenvalue weighted by atomic mass is 19.1. The predicted molar refractivity (Wildman–Crippen MR) is 67.3 cm³/mol. The van der Waals surface area contributed by atoms with Crippen LogP contribution in [0.15, 0.2) is 65.4 Å². The number of halogens is 1. The van der Waals surface area contributed by atoms with Crippen LogP contribution in [0.1, 0.15) is 0 Å². The lowest BCUT2D eigenvalue weighted by molar-refractivity contribution is 0.570. The molecule has 1 heterocycles. The van der Waals surface area contributed by atoms with Gasteiger partial charge >= 0.3 is 0 Å². The van der Waals surface area contributed by atoms with Crippen LogP contribution < -0.4 is 0 Å². The van der Waals surface area contributed by atoms with Crippen molar-refractivity contribution in [3.05, 3.63) is 66.8 Å². The monoisotopic (exact) mass is 239 g/mol. The summed E-state index contributed by atoms with van der Waals surface area (Å²) in [5.74, 6) is 0.295. The quantitative estimate of drug-likeness (QED) is 0.671. The highest BCUT2D eigenvalue weighted by molar-refractivity contribution is 5.76. The van der Waals surface area contributed by atoms with Crippen molar-refractivity contribution in [2.24, 2.45) is 0 Å². The Bertz CT molecular complexity index is 661. The molecule has 1 aromatic heterocycles. The van der Waals surface area contributed by atoms with Crippen molar-refractivity contribution in [2.45, 2.75) is 0 Å². The van der Waals surface area contributed by atoms with Crippen LogP contribution in [-0.2, 0) is 0 Å². The van der Waals surface area contributed by atoms with Crippen LogP contribution in [0.25, 0.3) is 22.6 Å². The van der Waals surface area contributed by atoms with Crippen LogP contribution in [0.5, 0.6) is 0 Å². The SMILES string of the molecule is Fc1cccc(-c2ocnc2-c2ccccc2)c1. The van der Waals surface area contributed by atoms with Crippen LogP contribution in [0.3, 0.4) is 0 Å². The molecular weight excluding hydrogens is 229 g/mol. The van der Waals surface area contributed by atoms with E-state index in [-0.39, 0.29) is 5.82 Å². The maximum absolute atomic E-state index is 13.2. The fraction of sp³-hybridized carbons (Fsp3) is 0. The fourth-order valence-corrected chi connectivity index (χ4v) is 1.88. The second-order valence-electron chi connectivity index (χ2n) is 3.91. The van der Waals surface area contributed by atoms with Gasteiger partial charge in [0.2, 0.25) is 0 Å². The molecule has 18 heavy (non-hydrogen) atoms. The van der Waals surface area contributed by atoms with Crippen LogP contribution in [0, 0.1) is 5.82 Å². The van der Waals surface area contributed by atoms with Crippen molar-refractivity contribution in [1.82, 2.24) is 4.98 Å². The maximum atomic E-state index is 13.2. The van der Waals surface area contributed by atoms with Gasteiger partial charge in [-0.25, -0.2) is 9.37 Å². The van der Waals surface area contributed by atoms with Crippen molar-refractivity contribution >= 4 is 0 Å². The van der Waals surface area contributed by atoms with Crippen LogP contribution in [-0.4, -0.2) is 4.98 Å². The Morgan fingerprint density at radius 3 is 2.44 bits per heavy atom. The lowest BCUT2D eigenvalue weighted by atomic mass is 10.1. The summed E-state index contributed by atoms with van der Waals surface area (Å²) in [6.45, 7) is 0. The van der Waals surface area contributed by atoms with Gasteiger partial charge in [0.1, 0.15) is 11.5 Å². The molecule has 88 valence electrons. The minimum Gasteiger partial charge on any atom is -0.443 e. The van der Waals surface area contributed by atoms with Crippen molar-refractivity contribution in [1.29, 1.82) is 0 Å². The van der Waals surface area contributed by atoms with Crippen molar-refractivity contribution in [3.8, 4) is 22.6 Å². The Kier molecular flexibility index (Phi) is 2.65. The normalized spacial score (nSPS) is 10.5. The third kappa shape index (κ3) is 1.91. The topological polar surface area (TPSA) is 26.0 Å². The number of hydrogen-bond donors (Lipinski definition) is 0. The Balaban J connectivity index is 2.13. The summed E-state index contributed by atoms with van der Waals surface area (Å²) in [6.07, 6.45) is 1.38. The van der Waals surface area contributed by atoms with E-state index in [4.69, 9.17) is 4.42 Å². The van der Waals surface area contributed by atoms with E-state index in [1.165, 1.54) is 18.5 Å². The summed E-state index contributed by atoms with van der Waals surface area (Å²) in [7, 11) is 0. The lowest BCUT2D eigenvalue weighted by Gasteiger charge is -2.01. The molecule has 0 fully saturated rings. The summed E-state index contributed by atoms with van der Waals surface area (Å²) in [5.41, 5.74) is 2.36. The fourth-order valence-electron chi connectivity index (χ4n) is 1.88. The summed E-state index contributed by atoms with van der Waals surface area (Å²) >= 11 is 0. The molecule has 0 spiro atoms. The van der Waals surface area contributed by atoms with Gasteiger partial charge < -0.3 is 4.42 Å². The minimum absolute atomic E-state index is 0.289. The zero-order valence-corrected chi connectivity index (χ0v) is 9.51. The molecule has 0 unspecified atom stereocenters. The van der Waals surface area contributed by atoms with Crippen LogP contribution >= 0.6 is 0 Å². The zero-order chi connectivity index (χ0) is 12.4. The smallest absolute Gasteiger partial charge is 0.182 e. The second-order valence-corrected chi connectivity index (χ2v) is 3.91. The first-order valence-electron chi connectivity index (χ1n) is 5.59. The van der Waals surface area contributed by atoms with Gasteiger partial charge in [-0.2, -0.15) is 0 Å². The molecule has 0 aliphatic rings. The first-order chi connectivity index (χ1) is 8.84. The largest absolute Gasteiger partial charge is 0.443 e. The molecule has 0 bridgehead atoms. The number of hydrogen-bond acceptors (Lipinski definition) is 2. The van der Waals surface area contributed by atoms with Crippen molar-refractivity contribution < 1.29 is 8.81 Å². The van der Waals surface area contributed by atoms with E-state index in [1.54, 1.807) is 12.1 Å². The van der Waals surface area contributed by atoms with Crippen LogP contribution in [0.4, 0.5) is 4.39 Å². The van der Waals surface area contributed by atoms with E-state index in [0.717, 1.165) is 11.3 Å². The Morgan fingerprint density at radius 2 is 1.67 bits per heavy atom. The Morgan fingerprint density at radius 1 is 0.889 bits per heavy atom. The first kappa shape index (κ1) is 10.7. The third-order valence-corrected chi connectivity index (χ3v) is 2.70. The Labute approximate surface area is 104 Å². The molecule has 3 heteroatoms. The average molecular weight is 239 g/mol. The zero-order valence-electron chi connectivity index (χ0n) is 9.51. The lowest BCUT2D eigenvalue weighted by Crippen LogP contribution is -1.83. The van der Waals surface area contributed by atoms with Gasteiger partial charge in [-0.15, -0.1) is 0 Å². The van der Waals surface area contributed by atoms with Crippen LogP contribution in [0.2, 0.25) is 0 Å². The van der Waals surface area contributed by atoms with Gasteiger partial charge in [0, 0.05) is 11.1 Å². The number of oxazole rings is 1. The number of rotatable bonds is 2. The molecule has 2 aromatic carbocycles.